The zero-order chi connectivity index (χ0) is 22.9. The van der Waals surface area contributed by atoms with Crippen LogP contribution in [0.4, 0.5) is 13.2 Å². The van der Waals surface area contributed by atoms with Gasteiger partial charge in [0.25, 0.3) is 11.8 Å². The van der Waals surface area contributed by atoms with E-state index in [0.717, 1.165) is 44.1 Å². The van der Waals surface area contributed by atoms with E-state index in [2.05, 4.69) is 22.0 Å². The van der Waals surface area contributed by atoms with Gasteiger partial charge >= 0.3 is 6.36 Å². The van der Waals surface area contributed by atoms with Crippen molar-refractivity contribution in [3.63, 3.8) is 0 Å². The Morgan fingerprint density at radius 3 is 2.42 bits per heavy atom. The molecule has 8 nitrogen and oxygen atoms in total. The molecule has 2 amide bonds. The molecule has 3 N–H and O–H groups in total. The van der Waals surface area contributed by atoms with Gasteiger partial charge in [0.15, 0.2) is 12.3 Å². The van der Waals surface area contributed by atoms with Crippen molar-refractivity contribution in [2.45, 2.75) is 51.4 Å². The second-order valence-electron chi connectivity index (χ2n) is 6.71. The summed E-state index contributed by atoms with van der Waals surface area (Å²) in [6, 6.07) is 4.09. The molecular weight excluding hydrogens is 419 g/mol. The number of benzene rings is 1. The van der Waals surface area contributed by atoms with E-state index in [1.165, 1.54) is 12.1 Å². The number of oxazole rings is 1. The third kappa shape index (κ3) is 8.57. The molecule has 0 aliphatic rings. The number of nitrogens with two attached hydrogens (primary N) is 1. The number of hydrogen-bond acceptors (Lipinski definition) is 6. The average Bonchev–Trinajstić information content (AvgIpc) is 3.19. The molecule has 1 aromatic carbocycles. The van der Waals surface area contributed by atoms with Crippen molar-refractivity contribution >= 4 is 11.8 Å². The molecule has 0 bridgehead atoms. The highest BCUT2D eigenvalue weighted by Gasteiger charge is 2.31. The van der Waals surface area contributed by atoms with Crippen molar-refractivity contribution in [3.8, 4) is 11.5 Å². The summed E-state index contributed by atoms with van der Waals surface area (Å²) in [6.07, 6.45) is 0.711. The maximum Gasteiger partial charge on any atom is 0.573 e. The van der Waals surface area contributed by atoms with Gasteiger partial charge < -0.3 is 24.9 Å². The molecule has 1 unspecified atom stereocenters. The van der Waals surface area contributed by atoms with E-state index in [1.807, 2.05) is 0 Å². The van der Waals surface area contributed by atoms with Gasteiger partial charge in [-0.05, 0) is 30.7 Å². The summed E-state index contributed by atoms with van der Waals surface area (Å²) in [5.74, 6) is -1.28. The highest BCUT2D eigenvalue weighted by atomic mass is 19.4. The molecule has 0 radical (unpaired) electrons. The van der Waals surface area contributed by atoms with Crippen LogP contribution < -0.4 is 20.5 Å². The van der Waals surface area contributed by atoms with Gasteiger partial charge in [0.2, 0.25) is 5.89 Å². The van der Waals surface area contributed by atoms with E-state index >= 15 is 0 Å². The zero-order valence-corrected chi connectivity index (χ0v) is 16.9. The summed E-state index contributed by atoms with van der Waals surface area (Å²) in [5, 5.41) is 2.73. The minimum absolute atomic E-state index is 0.0415. The number of carbonyl (C=O) groups excluding carboxylic acids is 2. The summed E-state index contributed by atoms with van der Waals surface area (Å²) in [4.78, 5) is 27.6. The van der Waals surface area contributed by atoms with Crippen molar-refractivity contribution in [2.24, 2.45) is 5.73 Å². The summed E-state index contributed by atoms with van der Waals surface area (Å²) < 4.78 is 50.9. The highest BCUT2D eigenvalue weighted by molar-refractivity contribution is 5.90. The monoisotopic (exact) mass is 443 g/mol. The van der Waals surface area contributed by atoms with Crippen LogP contribution in [0, 0.1) is 0 Å². The predicted octanol–water partition coefficient (Wildman–Crippen LogP) is 3.88. The van der Waals surface area contributed by atoms with Crippen molar-refractivity contribution in [2.75, 3.05) is 6.61 Å². The van der Waals surface area contributed by atoms with Crippen LogP contribution in [-0.4, -0.2) is 29.8 Å². The number of nitrogens with zero attached hydrogens (tertiary/aromatic N) is 1. The molecule has 0 fully saturated rings. The SMILES string of the molecule is CCCCCCC(NC(=O)COc1ccc(OC(F)(F)F)cc1)c1nc(C(N)=O)co1. The average molecular weight is 443 g/mol. The second-order valence-corrected chi connectivity index (χ2v) is 6.71. The van der Waals surface area contributed by atoms with Gasteiger partial charge in [0.1, 0.15) is 23.8 Å². The fraction of sp³-hybridized carbons (Fsp3) is 0.450. The normalized spacial score (nSPS) is 12.3. The van der Waals surface area contributed by atoms with Crippen molar-refractivity contribution in [3.05, 3.63) is 42.1 Å². The van der Waals surface area contributed by atoms with Crippen LogP contribution in [0.1, 0.15) is 61.4 Å². The lowest BCUT2D eigenvalue weighted by Crippen LogP contribution is -2.33. The van der Waals surface area contributed by atoms with Gasteiger partial charge in [-0.3, -0.25) is 9.59 Å². The van der Waals surface area contributed by atoms with E-state index < -0.39 is 30.0 Å². The van der Waals surface area contributed by atoms with Crippen LogP contribution >= 0.6 is 0 Å². The van der Waals surface area contributed by atoms with E-state index in [4.69, 9.17) is 14.9 Å². The maximum atomic E-state index is 12.3. The first-order chi connectivity index (χ1) is 14.7. The molecule has 0 spiro atoms. The molecule has 170 valence electrons. The second kappa shape index (κ2) is 11.2. The third-order valence-electron chi connectivity index (χ3n) is 4.18. The molecule has 31 heavy (non-hydrogen) atoms. The van der Waals surface area contributed by atoms with Crippen molar-refractivity contribution in [1.29, 1.82) is 0 Å². The molecule has 2 rings (SSSR count). The third-order valence-corrected chi connectivity index (χ3v) is 4.18. The standard InChI is InChI=1S/C20H24F3N3O5/c1-2-3-4-5-6-15(19-26-16(11-30-19)18(24)28)25-17(27)12-29-13-7-9-14(10-8-13)31-20(21,22)23/h7-11,15H,2-6,12H2,1H3,(H2,24,28)(H,25,27). The Balaban J connectivity index is 1.93. The predicted molar refractivity (Wildman–Crippen MR) is 103 cm³/mol. The van der Waals surface area contributed by atoms with Crippen LogP contribution in [-0.2, 0) is 4.79 Å². The quantitative estimate of drug-likeness (QED) is 0.481. The molecule has 2 aromatic rings. The number of halogens is 3. The Labute approximate surface area is 176 Å². The van der Waals surface area contributed by atoms with Crippen LogP contribution in [0.25, 0.3) is 0 Å². The molecule has 0 saturated heterocycles. The number of ether oxygens (including phenoxy) is 2. The molecule has 1 heterocycles. The smallest absolute Gasteiger partial charge is 0.484 e. The van der Waals surface area contributed by atoms with Gasteiger partial charge in [-0.15, -0.1) is 13.2 Å². The first-order valence-electron chi connectivity index (χ1n) is 9.71. The topological polar surface area (TPSA) is 117 Å². The van der Waals surface area contributed by atoms with Gasteiger partial charge in [-0.25, -0.2) is 4.98 Å². The van der Waals surface area contributed by atoms with Crippen molar-refractivity contribution < 1.29 is 36.7 Å². The van der Waals surface area contributed by atoms with Gasteiger partial charge in [-0.1, -0.05) is 32.6 Å². The fourth-order valence-corrected chi connectivity index (χ4v) is 2.72. The van der Waals surface area contributed by atoms with Gasteiger partial charge in [0, 0.05) is 0 Å². The summed E-state index contributed by atoms with van der Waals surface area (Å²) >= 11 is 0. The number of unbranched alkanes of at least 4 members (excludes halogenated alkanes) is 3. The molecule has 0 saturated carbocycles. The lowest BCUT2D eigenvalue weighted by Gasteiger charge is -2.16. The minimum Gasteiger partial charge on any atom is -0.484 e. The molecule has 1 aromatic heterocycles. The Morgan fingerprint density at radius 1 is 1.16 bits per heavy atom. The van der Waals surface area contributed by atoms with E-state index in [0.29, 0.717) is 6.42 Å². The molecular formula is C20H24F3N3O5. The first kappa shape index (κ1) is 24.0. The van der Waals surface area contributed by atoms with E-state index in [1.54, 1.807) is 0 Å². The summed E-state index contributed by atoms with van der Waals surface area (Å²) in [5.41, 5.74) is 5.14. The van der Waals surface area contributed by atoms with Gasteiger partial charge in [-0.2, -0.15) is 0 Å². The van der Waals surface area contributed by atoms with Crippen LogP contribution in [0.15, 0.2) is 34.9 Å². The minimum atomic E-state index is -4.79. The number of rotatable bonds is 12. The van der Waals surface area contributed by atoms with Gasteiger partial charge in [0.05, 0.1) is 0 Å². The Bertz CT molecular complexity index is 852. The molecule has 1 atom stereocenters. The first-order valence-corrected chi connectivity index (χ1v) is 9.71. The lowest BCUT2D eigenvalue weighted by molar-refractivity contribution is -0.274. The van der Waals surface area contributed by atoms with Crippen LogP contribution in [0.5, 0.6) is 11.5 Å². The highest BCUT2D eigenvalue weighted by Crippen LogP contribution is 2.25. The molecule has 0 aliphatic heterocycles. The number of alkyl halides is 3. The number of primary amides is 1. The zero-order valence-electron chi connectivity index (χ0n) is 16.9. The number of amides is 2. The number of hydrogen-bond donors (Lipinski definition) is 2. The summed E-state index contributed by atoms with van der Waals surface area (Å²) in [6.45, 7) is 1.69. The van der Waals surface area contributed by atoms with Crippen molar-refractivity contribution in [1.82, 2.24) is 10.3 Å². The lowest BCUT2D eigenvalue weighted by atomic mass is 10.1. The fourth-order valence-electron chi connectivity index (χ4n) is 2.72. The van der Waals surface area contributed by atoms with E-state index in [9.17, 15) is 22.8 Å². The Morgan fingerprint density at radius 2 is 1.84 bits per heavy atom. The molecule has 0 aliphatic carbocycles. The Hall–Kier alpha value is -3.24. The Kier molecular flexibility index (Phi) is 8.71. The largest absolute Gasteiger partial charge is 0.573 e. The number of carbonyl (C=O) groups is 2. The maximum absolute atomic E-state index is 12.3. The number of aromatic nitrogens is 1. The van der Waals surface area contributed by atoms with E-state index in [-0.39, 0.29) is 23.9 Å². The summed E-state index contributed by atoms with van der Waals surface area (Å²) in [7, 11) is 0. The van der Waals surface area contributed by atoms with Crippen LogP contribution in [0.2, 0.25) is 0 Å². The molecule has 11 heteroatoms. The number of nitrogens with one attached hydrogen (secondary N) is 1. The van der Waals surface area contributed by atoms with Crippen LogP contribution in [0.3, 0.4) is 0 Å².